The molecule has 11 nitrogen and oxygen atoms in total. The highest BCUT2D eigenvalue weighted by molar-refractivity contribution is 9.10. The number of benzene rings is 13. The number of nitrogen functional groups attached to an aromatic ring is 1. The fourth-order valence-electron chi connectivity index (χ4n) is 16.2. The second-order valence-electron chi connectivity index (χ2n) is 36.0. The first-order chi connectivity index (χ1) is 64.4. The van der Waals surface area contributed by atoms with E-state index in [1.807, 2.05) is 158 Å². The molecule has 0 fully saturated rings. The zero-order valence-corrected chi connectivity index (χ0v) is 84.1. The Morgan fingerprint density at radius 1 is 0.470 bits per heavy atom. The first-order valence-corrected chi connectivity index (χ1v) is 48.2. The molecule has 0 spiro atoms. The summed E-state index contributed by atoms with van der Waals surface area (Å²) in [5.74, 6) is 3.49. The van der Waals surface area contributed by atoms with Gasteiger partial charge in [-0.1, -0.05) is 346 Å². The van der Waals surface area contributed by atoms with Crippen LogP contribution in [0.4, 0.5) is 11.4 Å². The van der Waals surface area contributed by atoms with Crippen molar-refractivity contribution in [2.24, 2.45) is 0 Å². The number of nitrogens with zero attached hydrogens (tertiary/aromatic N) is 7. The molecule has 17 aromatic rings. The molecule has 15 heteroatoms. The summed E-state index contributed by atoms with van der Waals surface area (Å²) in [6.45, 7) is 42.2. The van der Waals surface area contributed by atoms with E-state index in [9.17, 15) is 4.79 Å². The normalized spacial score (nSPS) is 11.2. The number of nitrogens with two attached hydrogens (primary N) is 1. The number of halogens is 4. The molecule has 0 bridgehead atoms. The minimum absolute atomic E-state index is 0.0347. The Hall–Kier alpha value is -12.8. The van der Waals surface area contributed by atoms with E-state index in [1.165, 1.54) is 84.0 Å². The van der Waals surface area contributed by atoms with Gasteiger partial charge in [-0.05, 0) is 266 Å². The van der Waals surface area contributed by atoms with Gasteiger partial charge >= 0.3 is 0 Å². The number of aryl methyl sites for hydroxylation is 1. The highest BCUT2D eigenvalue weighted by Gasteiger charge is 2.26. The fourth-order valence-corrected chi connectivity index (χ4v) is 16.9. The number of rotatable bonds is 21. The molecule has 0 saturated heterocycles. The van der Waals surface area contributed by atoms with Crippen LogP contribution in [0.3, 0.4) is 0 Å². The molecule has 4 aromatic heterocycles. The third-order valence-electron chi connectivity index (χ3n) is 23.2. The highest BCUT2D eigenvalue weighted by atomic mass is 79.9. The van der Waals surface area contributed by atoms with Crippen LogP contribution >= 0.6 is 50.7 Å². The quantitative estimate of drug-likeness (QED) is 0.0417. The largest absolute Gasteiger partial charge is 0.473 e. The van der Waals surface area contributed by atoms with Crippen LogP contribution in [0.15, 0.2) is 356 Å². The molecule has 686 valence electrons. The van der Waals surface area contributed by atoms with Crippen molar-refractivity contribution in [3.05, 3.63) is 444 Å². The van der Waals surface area contributed by atoms with Gasteiger partial charge < -0.3 is 20.4 Å². The summed E-state index contributed by atoms with van der Waals surface area (Å²) in [4.78, 5) is 12.5. The number of hydrogen-bond acceptors (Lipinski definition) is 7. The maximum absolute atomic E-state index is 12.5. The average molecular weight is 1900 g/mol. The first-order valence-electron chi connectivity index (χ1n) is 46.3. The second kappa shape index (κ2) is 47.7. The van der Waals surface area contributed by atoms with Gasteiger partial charge in [0.2, 0.25) is 5.88 Å². The van der Waals surface area contributed by atoms with E-state index in [-0.39, 0.29) is 11.9 Å². The molecule has 1 aliphatic carbocycles. The Morgan fingerprint density at radius 3 is 1.57 bits per heavy atom. The summed E-state index contributed by atoms with van der Waals surface area (Å²) in [6, 6.07) is 113. The van der Waals surface area contributed by atoms with Crippen LogP contribution in [-0.4, -0.2) is 52.3 Å². The highest BCUT2D eigenvalue weighted by Crippen LogP contribution is 2.42. The molecule has 18 rings (SSSR count). The van der Waals surface area contributed by atoms with E-state index in [0.29, 0.717) is 58.2 Å². The number of para-hydroxylation sites is 4. The smallest absolute Gasteiger partial charge is 0.241 e. The van der Waals surface area contributed by atoms with Crippen LogP contribution in [0, 0.1) is 13.8 Å². The van der Waals surface area contributed by atoms with Gasteiger partial charge in [0.05, 0.1) is 46.3 Å². The summed E-state index contributed by atoms with van der Waals surface area (Å²) in [5, 5.41) is 21.2. The predicted molar refractivity (Wildman–Crippen MR) is 572 cm³/mol. The topological polar surface area (TPSA) is 123 Å². The monoisotopic (exact) mass is 1900 g/mol. The van der Waals surface area contributed by atoms with E-state index >= 15 is 0 Å². The lowest BCUT2D eigenvalue weighted by atomic mass is 9.94. The van der Waals surface area contributed by atoms with Gasteiger partial charge in [-0.2, -0.15) is 10.2 Å². The minimum Gasteiger partial charge on any atom is -0.473 e. The Bertz CT molecular complexity index is 6660. The molecule has 3 N–H and O–H groups in total. The first kappa shape index (κ1) is 100. The molecule has 0 atom stereocenters. The SMILES string of the molecule is C=C(C)CNc1ccc(C(C)C)cc1.CC(C)Oc1nn(Cc2ccccc2)c2ccccc12.CC(C)c1c(-c2ccccc2)c(-c2ccccc2)nn1-c1ccccc1.CC(C)c1ccc2c(c1)Cc1ccc(Cl)cc1-2.CC(C)c1cccc(C(=O)c2ccc(Br)cc2)c1N.CC(C)c1cn(-c2ccccc2)nc1-c1ccc(Cl)cc1.Cc1cc(C(C)C)c(C)n1-c1ccc(Cl)cc1. The number of fused-ring (bicyclic) bond motifs is 4. The average Bonchev–Trinajstić information content (AvgIpc) is 1.64. The number of anilines is 2. The van der Waals surface area contributed by atoms with Gasteiger partial charge in [-0.15, -0.1) is 5.10 Å². The van der Waals surface area contributed by atoms with Gasteiger partial charge in [0.15, 0.2) is 5.78 Å². The Labute approximate surface area is 817 Å². The Kier molecular flexibility index (Phi) is 35.7. The number of aromatic nitrogens is 7. The number of carbonyl (C=O) groups excluding carboxylic acids is 1. The number of ether oxygens (including phenoxy) is 1. The summed E-state index contributed by atoms with van der Waals surface area (Å²) in [5.41, 5.74) is 38.4. The van der Waals surface area contributed by atoms with E-state index in [2.05, 4.69) is 333 Å². The molecule has 0 aliphatic heterocycles. The number of nitrogens with one attached hydrogen (secondary N) is 1. The van der Waals surface area contributed by atoms with E-state index < -0.39 is 0 Å². The van der Waals surface area contributed by atoms with E-state index in [4.69, 9.17) is 55.5 Å². The van der Waals surface area contributed by atoms with Crippen molar-refractivity contribution < 1.29 is 9.53 Å². The Balaban J connectivity index is 0.000000142. The zero-order chi connectivity index (χ0) is 95.8. The summed E-state index contributed by atoms with van der Waals surface area (Å²) in [7, 11) is 0. The lowest BCUT2D eigenvalue weighted by molar-refractivity contribution is 0.103. The molecular weight excluding hydrogens is 1770 g/mol. The third-order valence-corrected chi connectivity index (χ3v) is 24.5. The number of hydrogen-bond donors (Lipinski definition) is 2. The summed E-state index contributed by atoms with van der Waals surface area (Å²) >= 11 is 21.3. The summed E-state index contributed by atoms with van der Waals surface area (Å²) < 4.78 is 15.1. The zero-order valence-electron chi connectivity index (χ0n) is 80.2. The van der Waals surface area contributed by atoms with Gasteiger partial charge in [0.1, 0.15) is 5.69 Å². The number of ketones is 1. The lowest BCUT2D eigenvalue weighted by Crippen LogP contribution is -2.08. The van der Waals surface area contributed by atoms with Gasteiger partial charge in [0.25, 0.3) is 0 Å². The second-order valence-corrected chi connectivity index (χ2v) is 38.2. The molecule has 4 heterocycles. The molecule has 134 heavy (non-hydrogen) atoms. The van der Waals surface area contributed by atoms with Crippen molar-refractivity contribution in [1.29, 1.82) is 0 Å². The molecular formula is C119H125BrCl3N9O2. The van der Waals surface area contributed by atoms with E-state index in [1.54, 1.807) is 18.2 Å². The van der Waals surface area contributed by atoms with Gasteiger partial charge in [-0.25, -0.2) is 9.36 Å². The molecule has 1 aliphatic rings. The van der Waals surface area contributed by atoms with Crippen LogP contribution < -0.4 is 15.8 Å². The van der Waals surface area contributed by atoms with Crippen molar-refractivity contribution in [2.75, 3.05) is 17.6 Å². The number of carbonyl (C=O) groups is 1. The van der Waals surface area contributed by atoms with Crippen molar-refractivity contribution in [2.45, 2.75) is 172 Å². The van der Waals surface area contributed by atoms with Gasteiger partial charge in [-0.3, -0.25) is 9.48 Å². The maximum Gasteiger partial charge on any atom is 0.241 e. The van der Waals surface area contributed by atoms with Crippen LogP contribution in [0.1, 0.15) is 217 Å². The fraction of sp³-hybridized carbons (Fsp3) is 0.227. The van der Waals surface area contributed by atoms with Crippen molar-refractivity contribution in [3.63, 3.8) is 0 Å². The lowest BCUT2D eigenvalue weighted by Gasteiger charge is -2.13. The molecule has 0 unspecified atom stereocenters. The van der Waals surface area contributed by atoms with E-state index in [0.717, 1.165) is 101 Å². The maximum atomic E-state index is 12.5. The van der Waals surface area contributed by atoms with Crippen molar-refractivity contribution in [3.8, 4) is 67.7 Å². The van der Waals surface area contributed by atoms with Crippen LogP contribution in [-0.2, 0) is 13.0 Å². The molecule has 0 radical (unpaired) electrons. The minimum atomic E-state index is -0.0347. The van der Waals surface area contributed by atoms with Crippen LogP contribution in [0.2, 0.25) is 15.1 Å². The van der Waals surface area contributed by atoms with Crippen LogP contribution in [0.5, 0.6) is 5.88 Å². The van der Waals surface area contributed by atoms with Gasteiger partial charge in [0, 0.05) is 94.1 Å². The molecule has 0 saturated carbocycles. The molecule has 13 aromatic carbocycles. The van der Waals surface area contributed by atoms with Crippen molar-refractivity contribution in [1.82, 2.24) is 33.9 Å². The molecule has 0 amide bonds. The van der Waals surface area contributed by atoms with Crippen LogP contribution in [0.25, 0.3) is 72.7 Å². The Morgan fingerprint density at radius 2 is 1.01 bits per heavy atom. The summed E-state index contributed by atoms with van der Waals surface area (Å²) in [6.07, 6.45) is 3.28. The van der Waals surface area contributed by atoms with Crippen molar-refractivity contribution >= 4 is 78.8 Å². The third kappa shape index (κ3) is 26.4. The standard InChI is InChI=1S/C24H22N2.C18H17ClN2.C17H18N2O.C16H16BrNO.C16H15Cl.C15H18ClN.C13H19N/c1-18(2)24-22(19-12-6-3-7-13-19)23(20-14-8-4-9-15-20)25-26(24)21-16-10-5-11-17-21;1-13(2)17-12-21(16-6-4-3-5-7-16)20-18(17)14-8-10-15(19)11-9-14;1-13(2)20-17-15-10-6-7-11-16(15)19(18-17)12-14-8-4-3-5-9-14;1-10(2)13-4-3-5-14(15(13)18)16(19)11-6-8-12(17)9-7-11;1-10(2)11-4-6-15-13(7-11)8-12-3-5-14(17)9-16(12)15;1-10(2)15-9-11(3)17(12(15)4)14-7-5-13(16)6-8-14;1-10(2)9-14-13-7-5-12(6-8-13)11(3)4/h3-18H,1-2H3;3-13H,1-2H3;3-11,13H,12H2,1-2H3;3-10H,18H2,1-2H3;3-7,9-10H,8H2,1-2H3;5-10H,1-4H3;5-8,11,14H,1,9H2,2-4H3. The predicted octanol–water partition coefficient (Wildman–Crippen LogP) is 33.6.